The van der Waals surface area contributed by atoms with Crippen LogP contribution in [-0.4, -0.2) is 32.2 Å². The molecule has 0 amide bonds. The predicted molar refractivity (Wildman–Crippen MR) is 72.0 cm³/mol. The highest BCUT2D eigenvalue weighted by Gasteiger charge is 2.05. The van der Waals surface area contributed by atoms with Crippen molar-refractivity contribution in [3.8, 4) is 11.4 Å². The van der Waals surface area contributed by atoms with Gasteiger partial charge in [0, 0.05) is 11.9 Å². The molecule has 100 valence electrons. The highest BCUT2D eigenvalue weighted by molar-refractivity contribution is 5.72. The molecule has 0 saturated heterocycles. The summed E-state index contributed by atoms with van der Waals surface area (Å²) in [7, 11) is 0. The zero-order valence-electron chi connectivity index (χ0n) is 10.4. The minimum atomic E-state index is -1.00. The van der Waals surface area contributed by atoms with Crippen molar-refractivity contribution in [3.05, 3.63) is 48.9 Å². The lowest BCUT2D eigenvalue weighted by Gasteiger charge is -2.06. The fraction of sp³-hybridized carbons (Fsp3) is 0.0714. The minimum absolute atomic E-state index is 0.352. The van der Waals surface area contributed by atoms with E-state index in [1.165, 1.54) is 0 Å². The smallest absolute Gasteiger partial charge is 0.341 e. The second-order valence-electron chi connectivity index (χ2n) is 4.14. The third-order valence-corrected chi connectivity index (χ3v) is 2.78. The van der Waals surface area contributed by atoms with E-state index in [2.05, 4.69) is 9.97 Å². The van der Waals surface area contributed by atoms with Gasteiger partial charge in [-0.1, -0.05) is 0 Å². The van der Waals surface area contributed by atoms with Gasteiger partial charge in [-0.05, 0) is 36.4 Å². The molecule has 0 saturated carbocycles. The molecular weight excluding hydrogens is 258 g/mol. The van der Waals surface area contributed by atoms with Crippen LogP contribution in [0.3, 0.4) is 0 Å². The van der Waals surface area contributed by atoms with E-state index in [9.17, 15) is 4.79 Å². The third-order valence-electron chi connectivity index (χ3n) is 2.78. The molecule has 3 rings (SSSR count). The summed E-state index contributed by atoms with van der Waals surface area (Å²) in [5.41, 5.74) is 2.47. The van der Waals surface area contributed by atoms with Crippen LogP contribution in [0.1, 0.15) is 0 Å². The average molecular weight is 269 g/mol. The van der Waals surface area contributed by atoms with Gasteiger partial charge in [-0.25, -0.2) is 14.8 Å². The quantitative estimate of drug-likeness (QED) is 0.782. The van der Waals surface area contributed by atoms with E-state index in [0.717, 1.165) is 16.9 Å². The van der Waals surface area contributed by atoms with E-state index in [0.29, 0.717) is 5.75 Å². The van der Waals surface area contributed by atoms with Crippen molar-refractivity contribution in [1.82, 2.24) is 14.5 Å². The van der Waals surface area contributed by atoms with E-state index < -0.39 is 5.97 Å². The molecule has 0 aliphatic heterocycles. The van der Waals surface area contributed by atoms with E-state index >= 15 is 0 Å². The Morgan fingerprint density at radius 3 is 2.75 bits per heavy atom. The molecule has 1 N–H and O–H groups in total. The van der Waals surface area contributed by atoms with Crippen molar-refractivity contribution in [2.24, 2.45) is 0 Å². The first-order valence-electron chi connectivity index (χ1n) is 5.97. The van der Waals surface area contributed by atoms with Crippen LogP contribution < -0.4 is 4.74 Å². The topological polar surface area (TPSA) is 77.2 Å². The lowest BCUT2D eigenvalue weighted by Crippen LogP contribution is -2.09. The number of aliphatic carboxylic acids is 1. The monoisotopic (exact) mass is 269 g/mol. The molecule has 2 heterocycles. The molecular formula is C14H11N3O3. The van der Waals surface area contributed by atoms with Crippen molar-refractivity contribution >= 4 is 17.1 Å². The summed E-state index contributed by atoms with van der Waals surface area (Å²) in [5, 5.41) is 8.55. The fourth-order valence-electron chi connectivity index (χ4n) is 1.89. The van der Waals surface area contributed by atoms with Crippen molar-refractivity contribution in [1.29, 1.82) is 0 Å². The van der Waals surface area contributed by atoms with Crippen LogP contribution in [0.4, 0.5) is 0 Å². The second kappa shape index (κ2) is 5.00. The number of rotatable bonds is 4. The van der Waals surface area contributed by atoms with Crippen molar-refractivity contribution in [2.45, 2.75) is 0 Å². The first-order chi connectivity index (χ1) is 9.74. The second-order valence-corrected chi connectivity index (χ2v) is 4.14. The zero-order chi connectivity index (χ0) is 13.9. The van der Waals surface area contributed by atoms with Crippen LogP contribution in [0.15, 0.2) is 48.9 Å². The summed E-state index contributed by atoms with van der Waals surface area (Å²) in [6.07, 6.45) is 3.41. The number of carboxylic acids is 1. The van der Waals surface area contributed by atoms with Gasteiger partial charge in [-0.3, -0.25) is 4.57 Å². The van der Waals surface area contributed by atoms with Crippen LogP contribution in [-0.2, 0) is 4.79 Å². The number of imidazole rings is 1. The molecule has 0 unspecified atom stereocenters. The maximum Gasteiger partial charge on any atom is 0.341 e. The summed E-state index contributed by atoms with van der Waals surface area (Å²) < 4.78 is 6.94. The predicted octanol–water partition coefficient (Wildman–Crippen LogP) is 1.88. The lowest BCUT2D eigenvalue weighted by molar-refractivity contribution is -0.139. The number of ether oxygens (including phenoxy) is 1. The maximum atomic E-state index is 10.4. The normalized spacial score (nSPS) is 10.6. The molecule has 0 radical (unpaired) electrons. The highest BCUT2D eigenvalue weighted by Crippen LogP contribution is 2.19. The van der Waals surface area contributed by atoms with E-state index in [1.54, 1.807) is 24.7 Å². The van der Waals surface area contributed by atoms with Crippen LogP contribution >= 0.6 is 0 Å². The Morgan fingerprint density at radius 1 is 1.20 bits per heavy atom. The van der Waals surface area contributed by atoms with Gasteiger partial charge in [0.25, 0.3) is 0 Å². The molecule has 2 aromatic heterocycles. The SMILES string of the molecule is O=C(O)COc1ccc(-n2cnc3cccnc32)cc1. The molecule has 0 aliphatic rings. The maximum absolute atomic E-state index is 10.4. The van der Waals surface area contributed by atoms with E-state index in [-0.39, 0.29) is 6.61 Å². The van der Waals surface area contributed by atoms with Crippen molar-refractivity contribution < 1.29 is 14.6 Å². The number of hydrogen-bond donors (Lipinski definition) is 1. The number of hydrogen-bond acceptors (Lipinski definition) is 4. The van der Waals surface area contributed by atoms with Crippen LogP contribution in [0.5, 0.6) is 5.75 Å². The average Bonchev–Trinajstić information content (AvgIpc) is 2.89. The molecule has 0 fully saturated rings. The summed E-state index contributed by atoms with van der Waals surface area (Å²) >= 11 is 0. The van der Waals surface area contributed by atoms with Crippen molar-refractivity contribution in [2.75, 3.05) is 6.61 Å². The number of pyridine rings is 1. The van der Waals surface area contributed by atoms with Crippen molar-refractivity contribution in [3.63, 3.8) is 0 Å². The Hall–Kier alpha value is -2.89. The Balaban J connectivity index is 1.89. The Bertz CT molecular complexity index is 750. The summed E-state index contributed by atoms with van der Waals surface area (Å²) in [5.74, 6) is -0.493. The molecule has 0 spiro atoms. The zero-order valence-corrected chi connectivity index (χ0v) is 10.4. The van der Waals surface area contributed by atoms with Crippen LogP contribution in [0.2, 0.25) is 0 Å². The molecule has 6 heteroatoms. The van der Waals surface area contributed by atoms with Gasteiger partial charge in [0.1, 0.15) is 17.6 Å². The van der Waals surface area contributed by atoms with Gasteiger partial charge in [-0.2, -0.15) is 0 Å². The lowest BCUT2D eigenvalue weighted by atomic mass is 10.3. The Kier molecular flexibility index (Phi) is 3.04. The minimum Gasteiger partial charge on any atom is -0.482 e. The molecule has 20 heavy (non-hydrogen) atoms. The molecule has 6 nitrogen and oxygen atoms in total. The highest BCUT2D eigenvalue weighted by atomic mass is 16.5. The van der Waals surface area contributed by atoms with Gasteiger partial charge in [-0.15, -0.1) is 0 Å². The molecule has 0 bridgehead atoms. The van der Waals surface area contributed by atoms with Crippen LogP contribution in [0.25, 0.3) is 16.9 Å². The number of aromatic nitrogens is 3. The largest absolute Gasteiger partial charge is 0.482 e. The van der Waals surface area contributed by atoms with Gasteiger partial charge >= 0.3 is 5.97 Å². The summed E-state index contributed by atoms with van der Waals surface area (Å²) in [6.45, 7) is -0.352. The molecule has 1 aromatic carbocycles. The first kappa shape index (κ1) is 12.2. The molecule has 0 atom stereocenters. The third kappa shape index (κ3) is 2.31. The number of fused-ring (bicyclic) bond motifs is 1. The fourth-order valence-corrected chi connectivity index (χ4v) is 1.89. The number of benzene rings is 1. The first-order valence-corrected chi connectivity index (χ1v) is 5.97. The summed E-state index contributed by atoms with van der Waals surface area (Å²) in [4.78, 5) is 19.0. The number of carboxylic acid groups (broad SMARTS) is 1. The molecule has 3 aromatic rings. The van der Waals surface area contributed by atoms with Crippen LogP contribution in [0, 0.1) is 0 Å². The number of carbonyl (C=O) groups is 1. The summed E-state index contributed by atoms with van der Waals surface area (Å²) in [6, 6.07) is 10.8. The van der Waals surface area contributed by atoms with Gasteiger partial charge < -0.3 is 9.84 Å². The Labute approximate surface area is 114 Å². The van der Waals surface area contributed by atoms with Gasteiger partial charge in [0.15, 0.2) is 12.3 Å². The van der Waals surface area contributed by atoms with E-state index in [4.69, 9.17) is 9.84 Å². The number of nitrogens with zero attached hydrogens (tertiary/aromatic N) is 3. The standard InChI is InChI=1S/C14H11N3O3/c18-13(19)8-20-11-5-3-10(4-6-11)17-9-16-12-2-1-7-15-14(12)17/h1-7,9H,8H2,(H,18,19). The Morgan fingerprint density at radius 2 is 2.00 bits per heavy atom. The van der Waals surface area contributed by atoms with E-state index in [1.807, 2.05) is 28.8 Å². The van der Waals surface area contributed by atoms with Gasteiger partial charge in [0.05, 0.1) is 0 Å². The van der Waals surface area contributed by atoms with Gasteiger partial charge in [0.2, 0.25) is 0 Å². The molecule has 0 aliphatic carbocycles.